The minimum atomic E-state index is -4.33. The number of esters is 2. The van der Waals surface area contributed by atoms with Crippen LogP contribution >= 0.6 is 0 Å². The number of rotatable bonds is 8. The zero-order valence-electron chi connectivity index (χ0n) is 28.4. The number of ketones is 4. The van der Waals surface area contributed by atoms with Gasteiger partial charge in [-0.15, -0.1) is 0 Å². The number of methoxy groups -OCH3 is 1. The molecule has 3 aliphatic carbocycles. The molecule has 1 aromatic rings. The average molecular weight is 724 g/mol. The van der Waals surface area contributed by atoms with Gasteiger partial charge in [-0.2, -0.15) is 13.2 Å². The molecule has 8 atom stereocenters. The number of hydrogen-bond acceptors (Lipinski definition) is 13. The van der Waals surface area contributed by atoms with Gasteiger partial charge in [0.25, 0.3) is 0 Å². The lowest BCUT2D eigenvalue weighted by atomic mass is 9.49. The van der Waals surface area contributed by atoms with Crippen LogP contribution in [0.2, 0.25) is 0 Å². The third kappa shape index (κ3) is 6.33. The fourth-order valence-corrected chi connectivity index (χ4v) is 8.45. The van der Waals surface area contributed by atoms with Gasteiger partial charge in [0.05, 0.1) is 49.3 Å². The van der Waals surface area contributed by atoms with Crippen molar-refractivity contribution >= 4 is 41.0 Å². The van der Waals surface area contributed by atoms with E-state index in [1.807, 2.05) is 0 Å². The molecule has 17 heteroatoms. The molecule has 1 saturated heterocycles. The highest BCUT2D eigenvalue weighted by Gasteiger charge is 2.74. The number of alkyl halides is 3. The molecule has 5 rings (SSSR count). The van der Waals surface area contributed by atoms with Crippen molar-refractivity contribution in [3.63, 3.8) is 0 Å². The monoisotopic (exact) mass is 723 g/mol. The van der Waals surface area contributed by atoms with Crippen LogP contribution in [0.25, 0.3) is 0 Å². The third-order valence-corrected chi connectivity index (χ3v) is 11.0. The van der Waals surface area contributed by atoms with Gasteiger partial charge in [0.1, 0.15) is 11.9 Å². The summed E-state index contributed by atoms with van der Waals surface area (Å²) in [6.07, 6.45) is -7.30. The highest BCUT2D eigenvalue weighted by atomic mass is 19.4. The summed E-state index contributed by atoms with van der Waals surface area (Å²) in [6, 6.07) is 1.42. The predicted molar refractivity (Wildman–Crippen MR) is 167 cm³/mol. The van der Waals surface area contributed by atoms with Crippen LogP contribution in [0.15, 0.2) is 12.1 Å². The van der Waals surface area contributed by atoms with Gasteiger partial charge in [-0.3, -0.25) is 43.4 Å². The van der Waals surface area contributed by atoms with Crippen molar-refractivity contribution in [2.75, 3.05) is 34.3 Å². The van der Waals surface area contributed by atoms with Crippen molar-refractivity contribution in [2.45, 2.75) is 69.0 Å². The summed E-state index contributed by atoms with van der Waals surface area (Å²) in [5, 5.41) is 23.7. The molecular formula is C34H40F3N3O11. The first-order valence-corrected chi connectivity index (χ1v) is 16.5. The van der Waals surface area contributed by atoms with E-state index in [2.05, 4.69) is 4.74 Å². The minimum Gasteiger partial charge on any atom is -0.507 e. The number of likely N-dealkylation sites (N-methyl/N-ethyl adjacent to an activating group) is 1. The number of amides is 1. The number of likely N-dealkylation sites (tertiary alicyclic amines) is 1. The van der Waals surface area contributed by atoms with Gasteiger partial charge in [-0.05, 0) is 51.5 Å². The number of primary amides is 1. The van der Waals surface area contributed by atoms with Gasteiger partial charge >= 0.3 is 18.1 Å². The molecule has 2 saturated carbocycles. The Morgan fingerprint density at radius 1 is 1.04 bits per heavy atom. The molecule has 1 aromatic carbocycles. The van der Waals surface area contributed by atoms with Crippen LogP contribution in [0.3, 0.4) is 0 Å². The maximum absolute atomic E-state index is 14.5. The number of aliphatic hydroxyl groups is 1. The maximum atomic E-state index is 14.5. The van der Waals surface area contributed by atoms with Gasteiger partial charge in [0.15, 0.2) is 34.7 Å². The van der Waals surface area contributed by atoms with Crippen LogP contribution in [-0.4, -0.2) is 119 Å². The molecule has 0 bridgehead atoms. The number of fused-ring (bicyclic) bond motifs is 3. The molecule has 0 spiro atoms. The van der Waals surface area contributed by atoms with E-state index < -0.39 is 119 Å². The summed E-state index contributed by atoms with van der Waals surface area (Å²) >= 11 is 0. The van der Waals surface area contributed by atoms with E-state index in [1.54, 1.807) is 11.8 Å². The van der Waals surface area contributed by atoms with Gasteiger partial charge in [0.2, 0.25) is 5.91 Å². The molecule has 1 heterocycles. The number of benzene rings is 1. The first-order valence-electron chi connectivity index (χ1n) is 16.5. The van der Waals surface area contributed by atoms with E-state index in [0.717, 1.165) is 7.11 Å². The number of nitrogens with zero attached hydrogens (tertiary/aromatic N) is 2. The van der Waals surface area contributed by atoms with Crippen molar-refractivity contribution in [3.8, 4) is 5.75 Å². The number of halogens is 3. The molecule has 1 amide bonds. The minimum absolute atomic E-state index is 0.0226. The number of Topliss-reactive ketones (excluding diaryl/α,β-unsaturated/α-hetero) is 4. The SMILES string of the molecule is COC(=O)CCC(=O)O[C@H]1[C@H]2C(C(=O)c3c(ccc(CN4CCC(C(F)(F)F)CC4)c3O)[C@@H]2C)C(=O)[C@]2(O)C(=O)C(C(N)=O)C(=O)[C@@H](N(C)C)[C@H]12. The number of carbonyl (C=O) groups is 7. The zero-order chi connectivity index (χ0) is 37.9. The molecule has 2 unspecified atom stereocenters. The van der Waals surface area contributed by atoms with Crippen molar-refractivity contribution < 1.29 is 66.4 Å². The number of piperidine rings is 1. The highest BCUT2D eigenvalue weighted by Crippen LogP contribution is 2.55. The van der Waals surface area contributed by atoms with Crippen LogP contribution < -0.4 is 5.73 Å². The number of phenolic OH excluding ortho intramolecular Hbond substituents is 1. The van der Waals surface area contributed by atoms with Gasteiger partial charge < -0.3 is 25.4 Å². The average Bonchev–Trinajstić information content (AvgIpc) is 3.05. The Labute approximate surface area is 290 Å². The standard InChI is InChI=1S/C34H40F3N3O11/c1-14-17-6-5-15(13-40-11-9-16(10-12-40)34(35,36)37)26(43)21(17)27(44)22-20(14)29(51-19(42)8-7-18(41)50-4)24-25(39(2)3)28(45)23(32(38)48)31(47)33(24,49)30(22)46/h5-6,14,16,20,22-25,29,43,49H,7-13H2,1-4H3,(H2,38,48)/t14-,20+,22?,23?,24+,25-,29-,33-/m0/s1. The third-order valence-electron chi connectivity index (χ3n) is 11.0. The normalized spacial score (nSPS) is 31.5. The van der Waals surface area contributed by atoms with Crippen LogP contribution in [0.1, 0.15) is 60.0 Å². The Bertz CT molecular complexity index is 1670. The number of nitrogens with two attached hydrogens (primary N) is 1. The van der Waals surface area contributed by atoms with Crippen molar-refractivity contribution in [3.05, 3.63) is 28.8 Å². The molecule has 51 heavy (non-hydrogen) atoms. The van der Waals surface area contributed by atoms with Crippen LogP contribution in [0.5, 0.6) is 5.75 Å². The first kappa shape index (κ1) is 38.0. The second kappa shape index (κ2) is 13.7. The highest BCUT2D eigenvalue weighted by molar-refractivity contribution is 6.32. The smallest absolute Gasteiger partial charge is 0.391 e. The number of carbonyl (C=O) groups excluding carboxylic acids is 7. The summed E-state index contributed by atoms with van der Waals surface area (Å²) in [7, 11) is 3.85. The van der Waals surface area contributed by atoms with Crippen molar-refractivity contribution in [1.29, 1.82) is 0 Å². The molecule has 4 aliphatic rings. The lowest BCUT2D eigenvalue weighted by molar-refractivity contribution is -0.205. The molecule has 14 nitrogen and oxygen atoms in total. The number of ether oxygens (including phenoxy) is 2. The summed E-state index contributed by atoms with van der Waals surface area (Å²) in [6.45, 7) is 1.69. The molecule has 0 radical (unpaired) electrons. The second-order valence-corrected chi connectivity index (χ2v) is 14.0. The summed E-state index contributed by atoms with van der Waals surface area (Å²) in [5.41, 5.74) is 2.26. The maximum Gasteiger partial charge on any atom is 0.391 e. The molecule has 278 valence electrons. The first-order chi connectivity index (χ1) is 23.8. The predicted octanol–water partition coefficient (Wildman–Crippen LogP) is 0.677. The fourth-order valence-electron chi connectivity index (χ4n) is 8.45. The van der Waals surface area contributed by atoms with Gasteiger partial charge in [0, 0.05) is 18.0 Å². The van der Waals surface area contributed by atoms with E-state index in [9.17, 15) is 56.9 Å². The topological polar surface area (TPSA) is 211 Å². The summed E-state index contributed by atoms with van der Waals surface area (Å²) < 4.78 is 50.1. The quantitative estimate of drug-likeness (QED) is 0.249. The molecule has 0 aromatic heterocycles. The number of aromatic hydroxyl groups is 1. The van der Waals surface area contributed by atoms with Crippen molar-refractivity contribution in [1.82, 2.24) is 9.80 Å². The van der Waals surface area contributed by atoms with E-state index in [1.165, 1.54) is 31.1 Å². The van der Waals surface area contributed by atoms with E-state index in [4.69, 9.17) is 10.5 Å². The zero-order valence-corrected chi connectivity index (χ0v) is 28.4. The largest absolute Gasteiger partial charge is 0.507 e. The Morgan fingerprint density at radius 2 is 1.65 bits per heavy atom. The molecule has 1 aliphatic heterocycles. The summed E-state index contributed by atoms with van der Waals surface area (Å²) in [4.78, 5) is 96.8. The number of phenols is 1. The Balaban J connectivity index is 1.60. The van der Waals surface area contributed by atoms with E-state index in [0.29, 0.717) is 0 Å². The Hall–Kier alpha value is -4.22. The van der Waals surface area contributed by atoms with Gasteiger partial charge in [-0.1, -0.05) is 19.1 Å². The van der Waals surface area contributed by atoms with Crippen LogP contribution in [0, 0.1) is 29.6 Å². The Kier molecular flexibility index (Phi) is 10.2. The molecule has 4 N–H and O–H groups in total. The second-order valence-electron chi connectivity index (χ2n) is 14.0. The van der Waals surface area contributed by atoms with E-state index >= 15 is 0 Å². The molecular weight excluding hydrogens is 683 g/mol. The molecule has 3 fully saturated rings. The lowest BCUT2D eigenvalue weighted by Gasteiger charge is -2.56. The fraction of sp³-hybridized carbons (Fsp3) is 0.618. The van der Waals surface area contributed by atoms with Crippen LogP contribution in [-0.2, 0) is 44.8 Å². The number of hydrogen-bond donors (Lipinski definition) is 3. The van der Waals surface area contributed by atoms with Crippen LogP contribution in [0.4, 0.5) is 13.2 Å². The summed E-state index contributed by atoms with van der Waals surface area (Å²) in [5.74, 6) is -18.5. The Morgan fingerprint density at radius 3 is 2.20 bits per heavy atom. The van der Waals surface area contributed by atoms with Gasteiger partial charge in [-0.25, -0.2) is 0 Å². The van der Waals surface area contributed by atoms with Crippen molar-refractivity contribution in [2.24, 2.45) is 35.3 Å². The van der Waals surface area contributed by atoms with E-state index in [-0.39, 0.29) is 49.2 Å². The lowest BCUT2D eigenvalue weighted by Crippen LogP contribution is -2.78.